The van der Waals surface area contributed by atoms with E-state index in [2.05, 4.69) is 16.2 Å². The predicted octanol–water partition coefficient (Wildman–Crippen LogP) is 3.42. The lowest BCUT2D eigenvalue weighted by atomic mass is 10.1. The summed E-state index contributed by atoms with van der Waals surface area (Å²) >= 11 is 11.2. The van der Waals surface area contributed by atoms with Crippen molar-refractivity contribution < 1.29 is 9.53 Å². The molecule has 0 aliphatic carbocycles. The summed E-state index contributed by atoms with van der Waals surface area (Å²) in [5, 5.41) is 3.98. The lowest BCUT2D eigenvalue weighted by Crippen LogP contribution is -2.50. The van der Waals surface area contributed by atoms with Crippen molar-refractivity contribution in [2.75, 3.05) is 0 Å². The topological polar surface area (TPSA) is 62.4 Å². The molecule has 26 heavy (non-hydrogen) atoms. The molecule has 1 atom stereocenters. The first-order valence-corrected chi connectivity index (χ1v) is 8.96. The molecule has 2 rings (SSSR count). The van der Waals surface area contributed by atoms with Crippen molar-refractivity contribution in [2.24, 2.45) is 0 Å². The van der Waals surface area contributed by atoms with E-state index in [1.807, 2.05) is 44.2 Å². The maximum atomic E-state index is 12.2. The van der Waals surface area contributed by atoms with E-state index in [-0.39, 0.29) is 5.91 Å². The molecule has 0 saturated carbocycles. The van der Waals surface area contributed by atoms with Gasteiger partial charge in [-0.25, -0.2) is 0 Å². The average molecular weight is 392 g/mol. The van der Waals surface area contributed by atoms with Gasteiger partial charge in [-0.2, -0.15) is 0 Å². The van der Waals surface area contributed by atoms with Crippen molar-refractivity contribution in [1.82, 2.24) is 16.2 Å². The Labute approximate surface area is 164 Å². The van der Waals surface area contributed by atoms with Gasteiger partial charge < -0.3 is 10.1 Å². The highest BCUT2D eigenvalue weighted by Crippen LogP contribution is 2.27. The third kappa shape index (κ3) is 5.89. The molecule has 0 aliphatic heterocycles. The zero-order valence-corrected chi connectivity index (χ0v) is 16.5. The second-order valence-electron chi connectivity index (χ2n) is 5.91. The fraction of sp³-hybridized carbons (Fsp3) is 0.263. The van der Waals surface area contributed by atoms with Crippen LogP contribution in [0.15, 0.2) is 42.5 Å². The second-order valence-corrected chi connectivity index (χ2v) is 6.76. The normalized spacial score (nSPS) is 11.4. The molecule has 0 radical (unpaired) electrons. The van der Waals surface area contributed by atoms with Crippen LogP contribution in [-0.2, 0) is 11.3 Å². The average Bonchev–Trinajstić information content (AvgIpc) is 2.61. The van der Waals surface area contributed by atoms with Gasteiger partial charge in [-0.05, 0) is 61.8 Å². The maximum absolute atomic E-state index is 12.2. The number of hydrogen-bond donors (Lipinski definition) is 3. The van der Waals surface area contributed by atoms with Crippen molar-refractivity contribution in [3.63, 3.8) is 0 Å². The zero-order chi connectivity index (χ0) is 19.1. The van der Waals surface area contributed by atoms with Gasteiger partial charge in [-0.3, -0.25) is 15.6 Å². The number of carbonyl (C=O) groups excluding carboxylic acids is 1. The number of thiocarbonyl (C=S) groups is 1. The van der Waals surface area contributed by atoms with Gasteiger partial charge in [0.1, 0.15) is 5.75 Å². The molecule has 0 spiro atoms. The van der Waals surface area contributed by atoms with Crippen LogP contribution in [0.1, 0.15) is 23.6 Å². The summed E-state index contributed by atoms with van der Waals surface area (Å²) in [4.78, 5) is 12.2. The molecule has 0 unspecified atom stereocenters. The maximum Gasteiger partial charge on any atom is 0.279 e. The molecule has 7 heteroatoms. The summed E-state index contributed by atoms with van der Waals surface area (Å²) in [5.74, 6) is 0.324. The van der Waals surface area contributed by atoms with Gasteiger partial charge in [0.05, 0.1) is 0 Å². The van der Waals surface area contributed by atoms with Crippen molar-refractivity contribution in [2.45, 2.75) is 33.4 Å². The molecule has 0 fully saturated rings. The van der Waals surface area contributed by atoms with Crippen LogP contribution in [0.4, 0.5) is 0 Å². The summed E-state index contributed by atoms with van der Waals surface area (Å²) in [6.07, 6.45) is -0.696. The molecule has 5 nitrogen and oxygen atoms in total. The largest absolute Gasteiger partial charge is 0.480 e. The zero-order valence-electron chi connectivity index (χ0n) is 14.9. The van der Waals surface area contributed by atoms with Crippen molar-refractivity contribution in [3.05, 3.63) is 64.2 Å². The van der Waals surface area contributed by atoms with Crippen LogP contribution in [0.3, 0.4) is 0 Å². The molecule has 0 bridgehead atoms. The van der Waals surface area contributed by atoms with E-state index in [1.54, 1.807) is 19.1 Å². The van der Waals surface area contributed by atoms with Gasteiger partial charge in [0.25, 0.3) is 5.91 Å². The van der Waals surface area contributed by atoms with Gasteiger partial charge in [0.2, 0.25) is 0 Å². The molecular weight excluding hydrogens is 370 g/mol. The molecule has 2 aromatic carbocycles. The number of nitrogens with one attached hydrogen (secondary N) is 3. The van der Waals surface area contributed by atoms with Crippen molar-refractivity contribution in [3.8, 4) is 5.75 Å². The standard InChI is InChI=1S/C19H22ClN3O2S/c1-12-9-16(20)10-13(2)17(12)25-14(3)18(24)22-23-19(26)21-11-15-7-5-4-6-8-15/h4-10,14H,11H2,1-3H3,(H,22,24)(H2,21,23,26)/t14-/m0/s1. The Balaban J connectivity index is 1.81. The monoisotopic (exact) mass is 391 g/mol. The quantitative estimate of drug-likeness (QED) is 0.538. The van der Waals surface area contributed by atoms with Gasteiger partial charge >= 0.3 is 0 Å². The first-order valence-electron chi connectivity index (χ1n) is 8.18. The Kier molecular flexibility index (Phi) is 7.24. The number of hydrazine groups is 1. The van der Waals surface area contributed by atoms with E-state index in [0.717, 1.165) is 16.7 Å². The number of amides is 1. The van der Waals surface area contributed by atoms with E-state index in [9.17, 15) is 4.79 Å². The first-order chi connectivity index (χ1) is 12.4. The Morgan fingerprint density at radius 3 is 2.38 bits per heavy atom. The summed E-state index contributed by atoms with van der Waals surface area (Å²) in [7, 11) is 0. The summed E-state index contributed by atoms with van der Waals surface area (Å²) < 4.78 is 5.78. The molecule has 0 aliphatic rings. The Bertz CT molecular complexity index is 761. The van der Waals surface area contributed by atoms with Crippen LogP contribution in [0, 0.1) is 13.8 Å². The number of rotatable bonds is 5. The molecule has 3 N–H and O–H groups in total. The van der Waals surface area contributed by atoms with Crippen LogP contribution in [0.25, 0.3) is 0 Å². The lowest BCUT2D eigenvalue weighted by Gasteiger charge is -2.19. The van der Waals surface area contributed by atoms with Crippen molar-refractivity contribution >= 4 is 34.8 Å². The van der Waals surface area contributed by atoms with E-state index in [0.29, 0.717) is 22.4 Å². The van der Waals surface area contributed by atoms with Gasteiger partial charge in [-0.15, -0.1) is 0 Å². The fourth-order valence-corrected chi connectivity index (χ4v) is 2.81. The smallest absolute Gasteiger partial charge is 0.279 e. The lowest BCUT2D eigenvalue weighted by molar-refractivity contribution is -0.127. The van der Waals surface area contributed by atoms with Gasteiger partial charge in [0.15, 0.2) is 11.2 Å². The van der Waals surface area contributed by atoms with Gasteiger partial charge in [-0.1, -0.05) is 41.9 Å². The molecule has 0 saturated heterocycles. The minimum Gasteiger partial charge on any atom is -0.480 e. The summed E-state index contributed by atoms with van der Waals surface area (Å²) in [6, 6.07) is 13.4. The second kappa shape index (κ2) is 9.40. The molecular formula is C19H22ClN3O2S. The number of ether oxygens (including phenoxy) is 1. The molecule has 0 aromatic heterocycles. The highest BCUT2D eigenvalue weighted by atomic mass is 35.5. The van der Waals surface area contributed by atoms with Crippen LogP contribution < -0.4 is 20.9 Å². The minimum atomic E-state index is -0.696. The van der Waals surface area contributed by atoms with Crippen LogP contribution >= 0.6 is 23.8 Å². The Hall–Kier alpha value is -2.31. The van der Waals surface area contributed by atoms with E-state index in [1.165, 1.54) is 0 Å². The van der Waals surface area contributed by atoms with Crippen LogP contribution in [-0.4, -0.2) is 17.1 Å². The Morgan fingerprint density at radius 2 is 1.77 bits per heavy atom. The number of aryl methyl sites for hydroxylation is 2. The molecule has 0 heterocycles. The number of hydrogen-bond acceptors (Lipinski definition) is 3. The van der Waals surface area contributed by atoms with E-state index < -0.39 is 6.10 Å². The number of carbonyl (C=O) groups is 1. The molecule has 138 valence electrons. The summed E-state index contributed by atoms with van der Waals surface area (Å²) in [6.45, 7) is 6.02. The highest BCUT2D eigenvalue weighted by molar-refractivity contribution is 7.80. The van der Waals surface area contributed by atoms with E-state index in [4.69, 9.17) is 28.6 Å². The number of halogens is 1. The summed E-state index contributed by atoms with van der Waals surface area (Å²) in [5.41, 5.74) is 8.07. The van der Waals surface area contributed by atoms with Crippen LogP contribution in [0.5, 0.6) is 5.75 Å². The fourth-order valence-electron chi connectivity index (χ4n) is 2.36. The third-order valence-electron chi connectivity index (χ3n) is 3.68. The molecule has 1 amide bonds. The van der Waals surface area contributed by atoms with Crippen molar-refractivity contribution in [1.29, 1.82) is 0 Å². The SMILES string of the molecule is Cc1cc(Cl)cc(C)c1O[C@@H](C)C(=O)NNC(=S)NCc1ccccc1. The number of benzene rings is 2. The van der Waals surface area contributed by atoms with E-state index >= 15 is 0 Å². The van der Waals surface area contributed by atoms with Gasteiger partial charge in [0, 0.05) is 11.6 Å². The third-order valence-corrected chi connectivity index (χ3v) is 4.15. The molecule has 2 aromatic rings. The van der Waals surface area contributed by atoms with Crippen LogP contribution in [0.2, 0.25) is 5.02 Å². The first kappa shape index (κ1) is 20.0. The Morgan fingerprint density at radius 1 is 1.15 bits per heavy atom. The minimum absolute atomic E-state index is 0.327. The highest BCUT2D eigenvalue weighted by Gasteiger charge is 2.17. The predicted molar refractivity (Wildman–Crippen MR) is 108 cm³/mol.